The highest BCUT2D eigenvalue weighted by molar-refractivity contribution is 5.91. The second kappa shape index (κ2) is 8.94. The van der Waals surface area contributed by atoms with Crippen molar-refractivity contribution in [3.8, 4) is 0 Å². The molecule has 29 heavy (non-hydrogen) atoms. The summed E-state index contributed by atoms with van der Waals surface area (Å²) in [5.74, 6) is -0.0624. The van der Waals surface area contributed by atoms with Crippen molar-refractivity contribution in [2.24, 2.45) is 0 Å². The lowest BCUT2D eigenvalue weighted by Gasteiger charge is -2.38. The van der Waals surface area contributed by atoms with Gasteiger partial charge in [-0.05, 0) is 31.5 Å². The molecule has 1 aliphatic rings. The Morgan fingerprint density at radius 3 is 2.24 bits per heavy atom. The molecule has 154 valence electrons. The molecule has 7 nitrogen and oxygen atoms in total. The zero-order valence-electron chi connectivity index (χ0n) is 16.9. The first-order valence-electron chi connectivity index (χ1n) is 9.84. The number of carbonyl (C=O) groups is 3. The summed E-state index contributed by atoms with van der Waals surface area (Å²) in [5, 5.41) is 2.68. The molecule has 0 atom stereocenters. The molecule has 1 aromatic carbocycles. The number of furan rings is 1. The second-order valence-electron chi connectivity index (χ2n) is 7.65. The van der Waals surface area contributed by atoms with Crippen LogP contribution in [0.1, 0.15) is 36.4 Å². The first kappa shape index (κ1) is 20.6. The van der Waals surface area contributed by atoms with Gasteiger partial charge in [0.2, 0.25) is 11.8 Å². The monoisotopic (exact) mass is 397 g/mol. The summed E-state index contributed by atoms with van der Waals surface area (Å²) in [5.41, 5.74) is 0.375. The van der Waals surface area contributed by atoms with E-state index in [2.05, 4.69) is 5.32 Å². The summed E-state index contributed by atoms with van der Waals surface area (Å²) >= 11 is 0. The Kier molecular flexibility index (Phi) is 6.36. The number of carbonyl (C=O) groups excluding carboxylic acids is 3. The molecule has 1 aliphatic heterocycles. The van der Waals surface area contributed by atoms with Crippen LogP contribution in [-0.2, 0) is 15.0 Å². The maximum Gasteiger partial charge on any atom is 0.286 e. The number of piperazine rings is 1. The lowest BCUT2D eigenvalue weighted by Crippen LogP contribution is -2.54. The largest absolute Gasteiger partial charge is 0.459 e. The molecule has 0 unspecified atom stereocenters. The van der Waals surface area contributed by atoms with Gasteiger partial charge in [-0.15, -0.1) is 0 Å². The number of hydrogen-bond acceptors (Lipinski definition) is 4. The van der Waals surface area contributed by atoms with Crippen LogP contribution in [0.25, 0.3) is 0 Å². The smallest absolute Gasteiger partial charge is 0.286 e. The Labute approximate surface area is 170 Å². The average molecular weight is 397 g/mol. The van der Waals surface area contributed by atoms with Crippen molar-refractivity contribution in [3.63, 3.8) is 0 Å². The first-order chi connectivity index (χ1) is 13.9. The Morgan fingerprint density at radius 2 is 1.62 bits per heavy atom. The van der Waals surface area contributed by atoms with Crippen LogP contribution >= 0.6 is 0 Å². The molecule has 1 fully saturated rings. The van der Waals surface area contributed by atoms with Crippen LogP contribution in [0.4, 0.5) is 0 Å². The van der Waals surface area contributed by atoms with E-state index in [1.807, 2.05) is 49.1 Å². The molecule has 0 saturated carbocycles. The number of benzene rings is 1. The topological polar surface area (TPSA) is 82.9 Å². The summed E-state index contributed by atoms with van der Waals surface area (Å²) in [7, 11) is 0. The molecule has 1 saturated heterocycles. The second-order valence-corrected chi connectivity index (χ2v) is 7.65. The van der Waals surface area contributed by atoms with Crippen molar-refractivity contribution in [2.45, 2.75) is 25.7 Å². The molecule has 3 amide bonds. The normalized spacial score (nSPS) is 14.6. The van der Waals surface area contributed by atoms with Gasteiger partial charge in [0.1, 0.15) is 0 Å². The fourth-order valence-corrected chi connectivity index (χ4v) is 3.47. The van der Waals surface area contributed by atoms with Crippen LogP contribution in [0, 0.1) is 0 Å². The quantitative estimate of drug-likeness (QED) is 0.809. The van der Waals surface area contributed by atoms with Crippen LogP contribution in [0.5, 0.6) is 0 Å². The molecular weight excluding hydrogens is 370 g/mol. The number of nitrogens with one attached hydrogen (secondary N) is 1. The zero-order chi connectivity index (χ0) is 20.9. The minimum atomic E-state index is -0.608. The molecule has 1 aromatic heterocycles. The van der Waals surface area contributed by atoms with E-state index in [1.165, 1.54) is 6.26 Å². The maximum atomic E-state index is 13.0. The molecular formula is C22H27N3O4. The van der Waals surface area contributed by atoms with Gasteiger partial charge in [-0.2, -0.15) is 0 Å². The minimum absolute atomic E-state index is 0.0286. The predicted octanol–water partition coefficient (Wildman–Crippen LogP) is 2.05. The molecule has 1 N–H and O–H groups in total. The highest BCUT2D eigenvalue weighted by Crippen LogP contribution is 2.26. The fourth-order valence-electron chi connectivity index (χ4n) is 3.47. The van der Waals surface area contributed by atoms with Gasteiger partial charge in [0.25, 0.3) is 5.91 Å². The van der Waals surface area contributed by atoms with E-state index in [-0.39, 0.29) is 36.4 Å². The molecule has 7 heteroatoms. The first-order valence-corrected chi connectivity index (χ1v) is 9.84. The summed E-state index contributed by atoms with van der Waals surface area (Å²) in [6, 6.07) is 13.0. The van der Waals surface area contributed by atoms with Crippen LogP contribution in [0.3, 0.4) is 0 Å². The minimum Gasteiger partial charge on any atom is -0.459 e. The van der Waals surface area contributed by atoms with E-state index < -0.39 is 5.41 Å². The maximum absolute atomic E-state index is 13.0. The Hall–Kier alpha value is -3.09. The number of rotatable bonds is 6. The van der Waals surface area contributed by atoms with Crippen molar-refractivity contribution in [1.29, 1.82) is 0 Å². The van der Waals surface area contributed by atoms with Crippen molar-refractivity contribution < 1.29 is 18.8 Å². The molecule has 0 radical (unpaired) electrons. The van der Waals surface area contributed by atoms with Gasteiger partial charge in [0.15, 0.2) is 5.76 Å². The summed E-state index contributed by atoms with van der Waals surface area (Å²) < 4.78 is 5.02. The van der Waals surface area contributed by atoms with Crippen LogP contribution < -0.4 is 5.32 Å². The predicted molar refractivity (Wildman–Crippen MR) is 108 cm³/mol. The SMILES string of the molecule is CC(C)(C(=O)N1CCN(C(=O)CCNC(=O)c2ccco2)CC1)c1ccccc1. The van der Waals surface area contributed by atoms with Crippen molar-refractivity contribution >= 4 is 17.7 Å². The lowest BCUT2D eigenvalue weighted by atomic mass is 9.83. The third-order valence-corrected chi connectivity index (χ3v) is 5.32. The van der Waals surface area contributed by atoms with Gasteiger partial charge < -0.3 is 19.5 Å². The summed E-state index contributed by atoms with van der Waals surface area (Å²) in [6.45, 7) is 6.15. The van der Waals surface area contributed by atoms with E-state index in [0.717, 1.165) is 5.56 Å². The third-order valence-electron chi connectivity index (χ3n) is 5.32. The van der Waals surface area contributed by atoms with Gasteiger partial charge in [-0.1, -0.05) is 30.3 Å². The average Bonchev–Trinajstić information content (AvgIpc) is 3.29. The van der Waals surface area contributed by atoms with Gasteiger partial charge in [-0.3, -0.25) is 14.4 Å². The van der Waals surface area contributed by atoms with Crippen LogP contribution in [0.15, 0.2) is 53.1 Å². The third kappa shape index (κ3) is 4.85. The van der Waals surface area contributed by atoms with Crippen molar-refractivity contribution in [3.05, 3.63) is 60.1 Å². The molecule has 2 heterocycles. The van der Waals surface area contributed by atoms with E-state index in [0.29, 0.717) is 26.2 Å². The van der Waals surface area contributed by atoms with Crippen LogP contribution in [-0.4, -0.2) is 60.2 Å². The Bertz CT molecular complexity index is 838. The van der Waals surface area contributed by atoms with Gasteiger partial charge in [-0.25, -0.2) is 0 Å². The Morgan fingerprint density at radius 1 is 0.966 bits per heavy atom. The summed E-state index contributed by atoms with van der Waals surface area (Å²) in [6.07, 6.45) is 1.65. The van der Waals surface area contributed by atoms with Gasteiger partial charge >= 0.3 is 0 Å². The molecule has 0 spiro atoms. The van der Waals surface area contributed by atoms with Crippen molar-refractivity contribution in [2.75, 3.05) is 32.7 Å². The van der Waals surface area contributed by atoms with Crippen molar-refractivity contribution in [1.82, 2.24) is 15.1 Å². The van der Waals surface area contributed by atoms with E-state index in [1.54, 1.807) is 17.0 Å². The standard InChI is InChI=1S/C22H27N3O4/c1-22(2,17-7-4-3-5-8-17)21(28)25-14-12-24(13-15-25)19(26)10-11-23-20(27)18-9-6-16-29-18/h3-9,16H,10-15H2,1-2H3,(H,23,27). The zero-order valence-corrected chi connectivity index (χ0v) is 16.9. The van der Waals surface area contributed by atoms with E-state index >= 15 is 0 Å². The number of hydrogen-bond donors (Lipinski definition) is 1. The van der Waals surface area contributed by atoms with Gasteiger partial charge in [0.05, 0.1) is 11.7 Å². The molecule has 3 rings (SSSR count). The highest BCUT2D eigenvalue weighted by Gasteiger charge is 2.35. The van der Waals surface area contributed by atoms with E-state index in [9.17, 15) is 14.4 Å². The number of amides is 3. The summed E-state index contributed by atoms with van der Waals surface area (Å²) in [4.78, 5) is 40.8. The fraction of sp³-hybridized carbons (Fsp3) is 0.409. The van der Waals surface area contributed by atoms with E-state index in [4.69, 9.17) is 4.42 Å². The van der Waals surface area contributed by atoms with Crippen LogP contribution in [0.2, 0.25) is 0 Å². The lowest BCUT2D eigenvalue weighted by molar-refractivity contribution is -0.142. The van der Waals surface area contributed by atoms with Gasteiger partial charge in [0, 0.05) is 39.1 Å². The highest BCUT2D eigenvalue weighted by atomic mass is 16.3. The molecule has 0 bridgehead atoms. The Balaban J connectivity index is 1.45. The number of nitrogens with zero attached hydrogens (tertiary/aromatic N) is 2. The molecule has 0 aliphatic carbocycles. The molecule has 2 aromatic rings.